The maximum Gasteiger partial charge on any atom is 0.279 e. The van der Waals surface area contributed by atoms with E-state index < -0.39 is 6.10 Å². The summed E-state index contributed by atoms with van der Waals surface area (Å²) in [5, 5.41) is 11.3. The van der Waals surface area contributed by atoms with Gasteiger partial charge in [0.15, 0.2) is 6.10 Å². The van der Waals surface area contributed by atoms with Gasteiger partial charge in [-0.1, -0.05) is 37.3 Å². The van der Waals surface area contributed by atoms with Crippen molar-refractivity contribution in [2.45, 2.75) is 31.9 Å². The summed E-state index contributed by atoms with van der Waals surface area (Å²) >= 11 is 0. The van der Waals surface area contributed by atoms with Gasteiger partial charge in [0, 0.05) is 0 Å². The van der Waals surface area contributed by atoms with Crippen LogP contribution >= 0.6 is 0 Å². The summed E-state index contributed by atoms with van der Waals surface area (Å²) in [5.41, 5.74) is 0.600. The zero-order valence-corrected chi connectivity index (χ0v) is 9.87. The van der Waals surface area contributed by atoms with E-state index in [1.165, 1.54) is 5.06 Å². The molecule has 1 aromatic carbocycles. The van der Waals surface area contributed by atoms with Gasteiger partial charge in [0.2, 0.25) is 0 Å². The molecular weight excluding hydrogens is 218 g/mol. The highest BCUT2D eigenvalue weighted by molar-refractivity contribution is 5.81. The van der Waals surface area contributed by atoms with Crippen LogP contribution in [0.2, 0.25) is 0 Å². The van der Waals surface area contributed by atoms with Gasteiger partial charge in [-0.25, -0.2) is 5.06 Å². The molecule has 1 heterocycles. The fourth-order valence-corrected chi connectivity index (χ4v) is 2.02. The number of aliphatic hydroxyl groups excluding tert-OH is 1. The summed E-state index contributed by atoms with van der Waals surface area (Å²) in [6.45, 7) is 2.56. The van der Waals surface area contributed by atoms with E-state index in [2.05, 4.69) is 0 Å². The van der Waals surface area contributed by atoms with Crippen LogP contribution in [0, 0.1) is 0 Å². The highest BCUT2D eigenvalue weighted by Gasteiger charge is 2.33. The van der Waals surface area contributed by atoms with Crippen LogP contribution in [-0.2, 0) is 9.63 Å². The van der Waals surface area contributed by atoms with Gasteiger partial charge in [-0.15, -0.1) is 0 Å². The van der Waals surface area contributed by atoms with E-state index >= 15 is 0 Å². The van der Waals surface area contributed by atoms with Crippen molar-refractivity contribution in [1.82, 2.24) is 5.06 Å². The van der Waals surface area contributed by atoms with Crippen LogP contribution in [0.15, 0.2) is 30.3 Å². The molecule has 0 unspecified atom stereocenters. The summed E-state index contributed by atoms with van der Waals surface area (Å²) in [4.78, 5) is 17.4. The number of nitrogens with zero attached hydrogens (tertiary/aromatic N) is 1. The molecule has 1 aliphatic heterocycles. The molecule has 1 saturated heterocycles. The SMILES string of the molecule is CC[C@@H]1CCON1C(=O)[C@H](O)c1ccccc1. The summed E-state index contributed by atoms with van der Waals surface area (Å²) in [6.07, 6.45) is 0.542. The van der Waals surface area contributed by atoms with Gasteiger partial charge in [-0.05, 0) is 18.4 Å². The van der Waals surface area contributed by atoms with Crippen LogP contribution in [0.25, 0.3) is 0 Å². The number of benzene rings is 1. The Morgan fingerprint density at radius 3 is 2.88 bits per heavy atom. The van der Waals surface area contributed by atoms with Crippen LogP contribution in [0.3, 0.4) is 0 Å². The van der Waals surface area contributed by atoms with E-state index in [1.54, 1.807) is 24.3 Å². The van der Waals surface area contributed by atoms with Crippen molar-refractivity contribution in [3.05, 3.63) is 35.9 Å². The minimum Gasteiger partial charge on any atom is -0.378 e. The molecular formula is C13H17NO3. The van der Waals surface area contributed by atoms with Crippen LogP contribution in [0.1, 0.15) is 31.4 Å². The third-order valence-electron chi connectivity index (χ3n) is 3.05. The molecule has 0 radical (unpaired) electrons. The Bertz CT molecular complexity index is 380. The van der Waals surface area contributed by atoms with Gasteiger partial charge in [0.25, 0.3) is 5.91 Å². The summed E-state index contributed by atoms with van der Waals surface area (Å²) in [5.74, 6) is -0.374. The Balaban J connectivity index is 2.10. The first-order chi connectivity index (χ1) is 8.24. The molecule has 1 amide bonds. The third kappa shape index (κ3) is 2.48. The first kappa shape index (κ1) is 12.1. The van der Waals surface area contributed by atoms with Gasteiger partial charge in [0.05, 0.1) is 12.6 Å². The maximum absolute atomic E-state index is 12.1. The predicted octanol–water partition coefficient (Wildman–Crippen LogP) is 1.66. The number of amides is 1. The van der Waals surface area contributed by atoms with Gasteiger partial charge >= 0.3 is 0 Å². The summed E-state index contributed by atoms with van der Waals surface area (Å²) in [7, 11) is 0. The maximum atomic E-state index is 12.1. The molecule has 0 saturated carbocycles. The van der Waals surface area contributed by atoms with E-state index in [0.29, 0.717) is 12.2 Å². The van der Waals surface area contributed by atoms with Crippen molar-refractivity contribution < 1.29 is 14.7 Å². The van der Waals surface area contributed by atoms with Crippen molar-refractivity contribution >= 4 is 5.91 Å². The van der Waals surface area contributed by atoms with Gasteiger partial charge in [-0.2, -0.15) is 0 Å². The van der Waals surface area contributed by atoms with Crippen LogP contribution in [-0.4, -0.2) is 28.7 Å². The van der Waals surface area contributed by atoms with Crippen LogP contribution in [0.4, 0.5) is 0 Å². The van der Waals surface area contributed by atoms with Crippen molar-refractivity contribution in [2.75, 3.05) is 6.61 Å². The first-order valence-corrected chi connectivity index (χ1v) is 5.93. The topological polar surface area (TPSA) is 49.8 Å². The standard InChI is InChI=1S/C13H17NO3/c1-2-11-8-9-17-14(11)13(16)12(15)10-6-4-3-5-7-10/h3-7,11-12,15H,2,8-9H2,1H3/t11-,12-/m1/s1. The van der Waals surface area contributed by atoms with E-state index in [0.717, 1.165) is 12.8 Å². The number of rotatable bonds is 3. The highest BCUT2D eigenvalue weighted by Crippen LogP contribution is 2.23. The average Bonchev–Trinajstić information content (AvgIpc) is 2.86. The molecule has 1 fully saturated rings. The lowest BCUT2D eigenvalue weighted by molar-refractivity contribution is -0.186. The quantitative estimate of drug-likeness (QED) is 0.866. The zero-order chi connectivity index (χ0) is 12.3. The third-order valence-corrected chi connectivity index (χ3v) is 3.05. The number of hydroxylamine groups is 2. The Kier molecular flexibility index (Phi) is 3.76. The summed E-state index contributed by atoms with van der Waals surface area (Å²) in [6, 6.07) is 9.00. The molecule has 1 aliphatic rings. The second kappa shape index (κ2) is 5.29. The van der Waals surface area contributed by atoms with Crippen LogP contribution < -0.4 is 0 Å². The van der Waals surface area contributed by atoms with E-state index in [4.69, 9.17) is 4.84 Å². The van der Waals surface area contributed by atoms with E-state index in [-0.39, 0.29) is 11.9 Å². The monoisotopic (exact) mass is 235 g/mol. The number of carbonyl (C=O) groups excluding carboxylic acids is 1. The lowest BCUT2D eigenvalue weighted by Crippen LogP contribution is -2.37. The lowest BCUT2D eigenvalue weighted by Gasteiger charge is -2.24. The normalized spacial score (nSPS) is 21.5. The highest BCUT2D eigenvalue weighted by atomic mass is 16.7. The second-order valence-corrected chi connectivity index (χ2v) is 4.16. The Labute approximate surface area is 101 Å². The molecule has 0 spiro atoms. The minimum absolute atomic E-state index is 0.0841. The predicted molar refractivity (Wildman–Crippen MR) is 62.9 cm³/mol. The zero-order valence-electron chi connectivity index (χ0n) is 9.87. The molecule has 4 heteroatoms. The largest absolute Gasteiger partial charge is 0.378 e. The summed E-state index contributed by atoms with van der Waals surface area (Å²) < 4.78 is 0. The number of carbonyl (C=O) groups is 1. The number of hydrogen-bond donors (Lipinski definition) is 1. The van der Waals surface area contributed by atoms with Crippen molar-refractivity contribution in [3.63, 3.8) is 0 Å². The average molecular weight is 235 g/mol. The molecule has 4 nitrogen and oxygen atoms in total. The molecule has 92 valence electrons. The number of aliphatic hydroxyl groups is 1. The Morgan fingerprint density at radius 1 is 1.53 bits per heavy atom. The molecule has 2 rings (SSSR count). The molecule has 0 aliphatic carbocycles. The van der Waals surface area contributed by atoms with E-state index in [9.17, 15) is 9.90 Å². The van der Waals surface area contributed by atoms with Crippen molar-refractivity contribution in [3.8, 4) is 0 Å². The lowest BCUT2D eigenvalue weighted by atomic mass is 10.1. The van der Waals surface area contributed by atoms with Gasteiger partial charge < -0.3 is 5.11 Å². The molecule has 0 bridgehead atoms. The minimum atomic E-state index is -1.14. The molecule has 17 heavy (non-hydrogen) atoms. The Morgan fingerprint density at radius 2 is 2.24 bits per heavy atom. The first-order valence-electron chi connectivity index (χ1n) is 5.93. The fourth-order valence-electron chi connectivity index (χ4n) is 2.02. The van der Waals surface area contributed by atoms with Gasteiger partial charge in [-0.3, -0.25) is 9.63 Å². The fraction of sp³-hybridized carbons (Fsp3) is 0.462. The molecule has 0 aromatic heterocycles. The second-order valence-electron chi connectivity index (χ2n) is 4.16. The van der Waals surface area contributed by atoms with Crippen LogP contribution in [0.5, 0.6) is 0 Å². The number of hydrogen-bond acceptors (Lipinski definition) is 3. The van der Waals surface area contributed by atoms with E-state index in [1.807, 2.05) is 13.0 Å². The molecule has 2 atom stereocenters. The van der Waals surface area contributed by atoms with Gasteiger partial charge in [0.1, 0.15) is 0 Å². The Hall–Kier alpha value is -1.39. The van der Waals surface area contributed by atoms with Crippen molar-refractivity contribution in [1.29, 1.82) is 0 Å². The smallest absolute Gasteiger partial charge is 0.279 e. The molecule has 1 aromatic rings. The van der Waals surface area contributed by atoms with Crippen molar-refractivity contribution in [2.24, 2.45) is 0 Å². The molecule has 1 N–H and O–H groups in total.